The van der Waals surface area contributed by atoms with Crippen LogP contribution in [-0.4, -0.2) is 14.9 Å². The van der Waals surface area contributed by atoms with Crippen LogP contribution in [-0.2, 0) is 4.43 Å². The Balaban J connectivity index is 1.32. The van der Waals surface area contributed by atoms with E-state index in [1.54, 1.807) is 0 Å². The van der Waals surface area contributed by atoms with Gasteiger partial charge in [0.2, 0.25) is 8.32 Å². The predicted molar refractivity (Wildman–Crippen MR) is 204 cm³/mol. The van der Waals surface area contributed by atoms with Crippen LogP contribution in [0.4, 0.5) is 34.1 Å². The van der Waals surface area contributed by atoms with Crippen LogP contribution in [0.2, 0.25) is 13.1 Å². The van der Waals surface area contributed by atoms with E-state index < -0.39 is 8.32 Å². The third kappa shape index (κ3) is 7.25. The van der Waals surface area contributed by atoms with Gasteiger partial charge in [0.05, 0.1) is 0 Å². The minimum Gasteiger partial charge on any atom is -0.413 e. The van der Waals surface area contributed by atoms with Crippen LogP contribution in [0.1, 0.15) is 23.6 Å². The minimum absolute atomic E-state index is 0.739. The number of hydrogen-bond donors (Lipinski definition) is 0. The third-order valence-electron chi connectivity index (χ3n) is 8.69. The third-order valence-corrected chi connectivity index (χ3v) is 11.4. The van der Waals surface area contributed by atoms with E-state index in [-0.39, 0.29) is 0 Å². The number of nitrogens with zero attached hydrogens (tertiary/aromatic N) is 2. The molecule has 0 heterocycles. The van der Waals surface area contributed by atoms with E-state index in [2.05, 4.69) is 196 Å². The summed E-state index contributed by atoms with van der Waals surface area (Å²) in [6, 6.07) is 52.8. The van der Waals surface area contributed by atoms with Crippen molar-refractivity contribution in [2.75, 3.05) is 16.4 Å². The van der Waals surface area contributed by atoms with Gasteiger partial charge in [-0.15, -0.1) is 0 Å². The Morgan fingerprint density at radius 1 is 0.447 bits per heavy atom. The molecule has 3 nitrogen and oxygen atoms in total. The Morgan fingerprint density at radius 2 is 0.787 bits per heavy atom. The molecule has 6 aromatic rings. The SMILES string of the molecule is CCO[Si](C)(C)c1ccc(N(c2ccc(-c3ccc(N(c4cccc(C)c4)c4cccc(C)c4)cc3)cc2)c2cccc(C)c2)cc1. The molecule has 0 unspecified atom stereocenters. The summed E-state index contributed by atoms with van der Waals surface area (Å²) < 4.78 is 6.15. The van der Waals surface area contributed by atoms with Gasteiger partial charge in [-0.1, -0.05) is 72.8 Å². The molecule has 0 amide bonds. The minimum atomic E-state index is -1.93. The lowest BCUT2D eigenvalue weighted by atomic mass is 10.0. The number of rotatable bonds is 10. The van der Waals surface area contributed by atoms with Gasteiger partial charge in [0, 0.05) is 40.7 Å². The average molecular weight is 633 g/mol. The van der Waals surface area contributed by atoms with Crippen LogP contribution in [0, 0.1) is 20.8 Å². The van der Waals surface area contributed by atoms with E-state index in [0.29, 0.717) is 0 Å². The van der Waals surface area contributed by atoms with Gasteiger partial charge in [-0.2, -0.15) is 0 Å². The maximum absolute atomic E-state index is 6.15. The fraction of sp³-hybridized carbons (Fsp3) is 0.163. The summed E-state index contributed by atoms with van der Waals surface area (Å²) in [4.78, 5) is 4.66. The number of anilines is 6. The van der Waals surface area contributed by atoms with Gasteiger partial charge in [0.25, 0.3) is 0 Å². The summed E-state index contributed by atoms with van der Waals surface area (Å²) in [6.45, 7) is 13.8. The van der Waals surface area contributed by atoms with Crippen molar-refractivity contribution < 1.29 is 4.43 Å². The summed E-state index contributed by atoms with van der Waals surface area (Å²) in [5.74, 6) is 0. The van der Waals surface area contributed by atoms with Crippen molar-refractivity contribution in [1.82, 2.24) is 0 Å². The van der Waals surface area contributed by atoms with Crippen molar-refractivity contribution in [1.29, 1.82) is 0 Å². The maximum Gasteiger partial charge on any atom is 0.218 e. The molecule has 0 aliphatic heterocycles. The number of benzene rings is 6. The molecule has 0 saturated heterocycles. The standard InChI is InChI=1S/C43H44N2OSi/c1-7-46-47(5,6)43-27-25-39(26-28-43)44(40-14-8-11-32(2)29-40)37-21-17-35(18-22-37)36-19-23-38(24-20-36)45(41-15-9-12-33(3)30-41)42-16-10-13-34(4)31-42/h8-31H,7H2,1-6H3. The Morgan fingerprint density at radius 3 is 1.13 bits per heavy atom. The van der Waals surface area contributed by atoms with E-state index in [1.165, 1.54) is 33.0 Å². The molecule has 4 heteroatoms. The Bertz CT molecular complexity index is 1900. The first-order valence-corrected chi connectivity index (χ1v) is 19.4. The monoisotopic (exact) mass is 632 g/mol. The first-order chi connectivity index (χ1) is 22.7. The van der Waals surface area contributed by atoms with E-state index in [0.717, 1.165) is 40.7 Å². The summed E-state index contributed by atoms with van der Waals surface area (Å²) in [5, 5.41) is 1.30. The Kier molecular flexibility index (Phi) is 9.44. The average Bonchev–Trinajstić information content (AvgIpc) is 3.06. The van der Waals surface area contributed by atoms with Gasteiger partial charge >= 0.3 is 0 Å². The fourth-order valence-corrected chi connectivity index (χ4v) is 8.12. The molecule has 0 saturated carbocycles. The van der Waals surface area contributed by atoms with E-state index >= 15 is 0 Å². The van der Waals surface area contributed by atoms with Gasteiger partial charge in [-0.25, -0.2) is 0 Å². The first-order valence-electron chi connectivity index (χ1n) is 16.5. The second-order valence-electron chi connectivity index (χ2n) is 12.8. The fourth-order valence-electron chi connectivity index (χ4n) is 6.26. The molecule has 0 aromatic heterocycles. The highest BCUT2D eigenvalue weighted by Gasteiger charge is 2.25. The number of aryl methyl sites for hydroxylation is 3. The van der Waals surface area contributed by atoms with Crippen LogP contribution in [0.3, 0.4) is 0 Å². The highest BCUT2D eigenvalue weighted by atomic mass is 28.4. The summed E-state index contributed by atoms with van der Waals surface area (Å²) in [7, 11) is -1.93. The van der Waals surface area contributed by atoms with E-state index in [1.807, 2.05) is 0 Å². The molecule has 6 aromatic carbocycles. The quantitative estimate of drug-likeness (QED) is 0.140. The lowest BCUT2D eigenvalue weighted by molar-refractivity contribution is 0.339. The Labute approximate surface area is 281 Å². The molecule has 0 aliphatic carbocycles. The smallest absolute Gasteiger partial charge is 0.218 e. The van der Waals surface area contributed by atoms with Gasteiger partial charge < -0.3 is 14.2 Å². The zero-order valence-corrected chi connectivity index (χ0v) is 29.4. The molecule has 0 N–H and O–H groups in total. The van der Waals surface area contributed by atoms with Crippen molar-refractivity contribution >= 4 is 47.6 Å². The van der Waals surface area contributed by atoms with Crippen molar-refractivity contribution in [2.45, 2.75) is 40.8 Å². The lowest BCUT2D eigenvalue weighted by Crippen LogP contribution is -2.44. The molecule has 0 radical (unpaired) electrons. The lowest BCUT2D eigenvalue weighted by Gasteiger charge is -2.28. The van der Waals surface area contributed by atoms with Crippen LogP contribution in [0.25, 0.3) is 11.1 Å². The molecule has 47 heavy (non-hydrogen) atoms. The van der Waals surface area contributed by atoms with Crippen LogP contribution in [0.5, 0.6) is 0 Å². The van der Waals surface area contributed by atoms with E-state index in [9.17, 15) is 0 Å². The summed E-state index contributed by atoms with van der Waals surface area (Å²) in [6.07, 6.45) is 0. The molecule has 0 fully saturated rings. The second kappa shape index (κ2) is 13.8. The topological polar surface area (TPSA) is 15.7 Å². The van der Waals surface area contributed by atoms with Crippen LogP contribution >= 0.6 is 0 Å². The highest BCUT2D eigenvalue weighted by Crippen LogP contribution is 2.38. The van der Waals surface area contributed by atoms with Gasteiger partial charge in [0.15, 0.2) is 0 Å². The zero-order chi connectivity index (χ0) is 33.0. The molecule has 0 aliphatic rings. The normalized spacial score (nSPS) is 11.4. The molecular formula is C43H44N2OSi. The molecule has 0 bridgehead atoms. The number of hydrogen-bond acceptors (Lipinski definition) is 3. The maximum atomic E-state index is 6.15. The van der Waals surface area contributed by atoms with Gasteiger partial charge in [0.1, 0.15) is 0 Å². The second-order valence-corrected chi connectivity index (χ2v) is 16.7. The first kappa shape index (κ1) is 32.1. The highest BCUT2D eigenvalue weighted by molar-refractivity contribution is 6.84. The predicted octanol–water partition coefficient (Wildman–Crippen LogP) is 11.7. The molecule has 0 spiro atoms. The molecule has 0 atom stereocenters. The molecule has 6 rings (SSSR count). The summed E-state index contributed by atoms with van der Waals surface area (Å²) in [5.41, 5.74) is 12.9. The Hall–Kier alpha value is -4.90. The van der Waals surface area contributed by atoms with Crippen molar-refractivity contribution in [3.63, 3.8) is 0 Å². The largest absolute Gasteiger partial charge is 0.413 e. The molecular weight excluding hydrogens is 589 g/mol. The van der Waals surface area contributed by atoms with Crippen LogP contribution < -0.4 is 15.0 Å². The van der Waals surface area contributed by atoms with Crippen molar-refractivity contribution in [2.24, 2.45) is 0 Å². The van der Waals surface area contributed by atoms with Gasteiger partial charge in [-0.3, -0.25) is 0 Å². The molecule has 236 valence electrons. The summed E-state index contributed by atoms with van der Waals surface area (Å²) >= 11 is 0. The van der Waals surface area contributed by atoms with Crippen LogP contribution in [0.15, 0.2) is 146 Å². The van der Waals surface area contributed by atoms with Crippen molar-refractivity contribution in [3.8, 4) is 11.1 Å². The zero-order valence-electron chi connectivity index (χ0n) is 28.4. The van der Waals surface area contributed by atoms with Crippen molar-refractivity contribution in [3.05, 3.63) is 162 Å². The van der Waals surface area contributed by atoms with E-state index in [4.69, 9.17) is 4.43 Å². The van der Waals surface area contributed by atoms with Gasteiger partial charge in [-0.05, 0) is 147 Å².